The molecule has 1 amide bonds. The van der Waals surface area contributed by atoms with Gasteiger partial charge in [0.25, 0.3) is 0 Å². The number of carbonyl (C=O) groups excluding carboxylic acids is 1. The van der Waals surface area contributed by atoms with Crippen LogP contribution in [0.4, 0.5) is 13.2 Å². The van der Waals surface area contributed by atoms with E-state index in [1.807, 2.05) is 0 Å². The highest BCUT2D eigenvalue weighted by Crippen LogP contribution is 2.30. The molecule has 19 heavy (non-hydrogen) atoms. The Morgan fingerprint density at radius 3 is 2.58 bits per heavy atom. The van der Waals surface area contributed by atoms with Crippen LogP contribution in [0, 0.1) is 0 Å². The van der Waals surface area contributed by atoms with Crippen molar-refractivity contribution in [3.8, 4) is 0 Å². The molecule has 1 aliphatic rings. The highest BCUT2D eigenvalue weighted by molar-refractivity contribution is 5.86. The Morgan fingerprint density at radius 2 is 2.05 bits per heavy atom. The lowest BCUT2D eigenvalue weighted by molar-refractivity contribution is -0.137. The van der Waals surface area contributed by atoms with Gasteiger partial charge in [-0.15, -0.1) is 0 Å². The first-order valence-corrected chi connectivity index (χ1v) is 6.05. The van der Waals surface area contributed by atoms with Gasteiger partial charge in [-0.25, -0.2) is 0 Å². The molecule has 1 aromatic rings. The lowest BCUT2D eigenvalue weighted by Crippen LogP contribution is -2.58. The van der Waals surface area contributed by atoms with Gasteiger partial charge in [-0.3, -0.25) is 4.79 Å². The Hall–Kier alpha value is -1.56. The molecule has 3 nitrogen and oxygen atoms in total. The van der Waals surface area contributed by atoms with Gasteiger partial charge in [-0.2, -0.15) is 13.2 Å². The molecule has 0 saturated heterocycles. The minimum Gasteiger partial charge on any atom is -0.350 e. The summed E-state index contributed by atoms with van der Waals surface area (Å²) in [4.78, 5) is 11.7. The summed E-state index contributed by atoms with van der Waals surface area (Å²) in [6.45, 7) is 0.0572. The van der Waals surface area contributed by atoms with Gasteiger partial charge in [0.1, 0.15) is 0 Å². The third-order valence-corrected chi connectivity index (χ3v) is 3.41. The summed E-state index contributed by atoms with van der Waals surface area (Å²) >= 11 is 0. The molecular formula is C13H15F3N2O. The number of halogens is 3. The maximum absolute atomic E-state index is 12.5. The van der Waals surface area contributed by atoms with Gasteiger partial charge in [0.05, 0.1) is 11.1 Å². The zero-order chi connectivity index (χ0) is 14.1. The van der Waals surface area contributed by atoms with E-state index >= 15 is 0 Å². The SMILES string of the molecule is NC1(C(=O)NCc2cccc(C(F)(F)F)c2)CCC1. The Bertz CT molecular complexity index is 481. The number of amides is 1. The van der Waals surface area contributed by atoms with Crippen LogP contribution >= 0.6 is 0 Å². The summed E-state index contributed by atoms with van der Waals surface area (Å²) in [5, 5.41) is 2.59. The summed E-state index contributed by atoms with van der Waals surface area (Å²) in [5.74, 6) is -0.295. The van der Waals surface area contributed by atoms with E-state index in [4.69, 9.17) is 5.73 Å². The van der Waals surface area contributed by atoms with Crippen LogP contribution in [0.5, 0.6) is 0 Å². The van der Waals surface area contributed by atoms with Crippen LogP contribution in [0.25, 0.3) is 0 Å². The smallest absolute Gasteiger partial charge is 0.350 e. The van der Waals surface area contributed by atoms with Crippen molar-refractivity contribution in [2.45, 2.75) is 37.5 Å². The Kier molecular flexibility index (Phi) is 3.54. The van der Waals surface area contributed by atoms with E-state index in [9.17, 15) is 18.0 Å². The summed E-state index contributed by atoms with van der Waals surface area (Å²) in [6.07, 6.45) is -2.21. The molecular weight excluding hydrogens is 257 g/mol. The van der Waals surface area contributed by atoms with E-state index in [2.05, 4.69) is 5.32 Å². The lowest BCUT2D eigenvalue weighted by atomic mass is 9.77. The molecule has 0 heterocycles. The Labute approximate surface area is 109 Å². The van der Waals surface area contributed by atoms with Crippen molar-refractivity contribution in [3.63, 3.8) is 0 Å². The number of hydrogen-bond acceptors (Lipinski definition) is 2. The van der Waals surface area contributed by atoms with Gasteiger partial charge >= 0.3 is 6.18 Å². The van der Waals surface area contributed by atoms with Crippen molar-refractivity contribution < 1.29 is 18.0 Å². The molecule has 2 rings (SSSR count). The van der Waals surface area contributed by atoms with Crippen LogP contribution < -0.4 is 11.1 Å². The molecule has 104 valence electrons. The standard InChI is InChI=1S/C13H15F3N2O/c14-13(15,16)10-4-1-3-9(7-10)8-18-11(19)12(17)5-2-6-12/h1,3-4,7H,2,5-6,8,17H2,(H,18,19). The van der Waals surface area contributed by atoms with Crippen LogP contribution in [-0.4, -0.2) is 11.4 Å². The molecule has 1 fully saturated rings. The molecule has 6 heteroatoms. The van der Waals surface area contributed by atoms with Crippen molar-refractivity contribution in [1.29, 1.82) is 0 Å². The fourth-order valence-corrected chi connectivity index (χ4v) is 2.00. The Balaban J connectivity index is 1.98. The number of rotatable bonds is 3. The fourth-order valence-electron chi connectivity index (χ4n) is 2.00. The largest absolute Gasteiger partial charge is 0.416 e. The zero-order valence-electron chi connectivity index (χ0n) is 10.3. The van der Waals surface area contributed by atoms with Crippen LogP contribution in [0.1, 0.15) is 30.4 Å². The van der Waals surface area contributed by atoms with Crippen LogP contribution in [0.2, 0.25) is 0 Å². The van der Waals surface area contributed by atoms with E-state index in [0.29, 0.717) is 18.4 Å². The molecule has 1 aromatic carbocycles. The van der Waals surface area contributed by atoms with Gasteiger partial charge in [0.2, 0.25) is 5.91 Å². The highest BCUT2D eigenvalue weighted by atomic mass is 19.4. The maximum atomic E-state index is 12.5. The van der Waals surface area contributed by atoms with Crippen LogP contribution in [-0.2, 0) is 17.5 Å². The highest BCUT2D eigenvalue weighted by Gasteiger charge is 2.39. The quantitative estimate of drug-likeness (QED) is 0.886. The number of alkyl halides is 3. The molecule has 0 aliphatic heterocycles. The van der Waals surface area contributed by atoms with E-state index in [1.54, 1.807) is 6.07 Å². The average Bonchev–Trinajstić information content (AvgIpc) is 2.32. The number of nitrogens with two attached hydrogens (primary N) is 1. The van der Waals surface area contributed by atoms with Crippen LogP contribution in [0.3, 0.4) is 0 Å². The molecule has 3 N–H and O–H groups in total. The van der Waals surface area contributed by atoms with E-state index in [1.165, 1.54) is 6.07 Å². The van der Waals surface area contributed by atoms with Crippen molar-refractivity contribution in [2.24, 2.45) is 5.73 Å². The van der Waals surface area contributed by atoms with Crippen molar-refractivity contribution >= 4 is 5.91 Å². The molecule has 0 unspecified atom stereocenters. The zero-order valence-corrected chi connectivity index (χ0v) is 10.3. The monoisotopic (exact) mass is 272 g/mol. The van der Waals surface area contributed by atoms with Crippen molar-refractivity contribution in [1.82, 2.24) is 5.32 Å². The Morgan fingerprint density at radius 1 is 1.37 bits per heavy atom. The minimum atomic E-state index is -4.37. The molecule has 0 atom stereocenters. The first-order chi connectivity index (χ1) is 8.81. The predicted octanol–water partition coefficient (Wildman–Crippen LogP) is 2.20. The molecule has 0 spiro atoms. The third-order valence-electron chi connectivity index (χ3n) is 3.41. The number of hydrogen-bond donors (Lipinski definition) is 2. The van der Waals surface area contributed by atoms with Crippen LogP contribution in [0.15, 0.2) is 24.3 Å². The second-order valence-corrected chi connectivity index (χ2v) is 4.89. The number of benzene rings is 1. The number of carbonyl (C=O) groups is 1. The molecule has 0 bridgehead atoms. The molecule has 0 radical (unpaired) electrons. The van der Waals surface area contributed by atoms with Gasteiger partial charge in [0, 0.05) is 6.54 Å². The van der Waals surface area contributed by atoms with E-state index < -0.39 is 17.3 Å². The fraction of sp³-hybridized carbons (Fsp3) is 0.462. The molecule has 0 aromatic heterocycles. The molecule has 1 saturated carbocycles. The van der Waals surface area contributed by atoms with Gasteiger partial charge < -0.3 is 11.1 Å². The van der Waals surface area contributed by atoms with Gasteiger partial charge in [-0.05, 0) is 37.0 Å². The van der Waals surface area contributed by atoms with Gasteiger partial charge in [0.15, 0.2) is 0 Å². The van der Waals surface area contributed by atoms with Gasteiger partial charge in [-0.1, -0.05) is 12.1 Å². The number of nitrogens with one attached hydrogen (secondary N) is 1. The molecule has 1 aliphatic carbocycles. The topological polar surface area (TPSA) is 55.1 Å². The normalized spacial score (nSPS) is 17.7. The summed E-state index contributed by atoms with van der Waals surface area (Å²) < 4.78 is 37.5. The van der Waals surface area contributed by atoms with Crippen molar-refractivity contribution in [3.05, 3.63) is 35.4 Å². The second-order valence-electron chi connectivity index (χ2n) is 4.89. The maximum Gasteiger partial charge on any atom is 0.416 e. The average molecular weight is 272 g/mol. The minimum absolute atomic E-state index is 0.0572. The van der Waals surface area contributed by atoms with E-state index in [0.717, 1.165) is 18.6 Å². The lowest BCUT2D eigenvalue weighted by Gasteiger charge is -2.36. The first kappa shape index (κ1) is 13.9. The summed E-state index contributed by atoms with van der Waals surface area (Å²) in [7, 11) is 0. The first-order valence-electron chi connectivity index (χ1n) is 6.05. The second kappa shape index (κ2) is 4.85. The predicted molar refractivity (Wildman–Crippen MR) is 64.1 cm³/mol. The summed E-state index contributed by atoms with van der Waals surface area (Å²) in [5.41, 5.74) is 4.68. The van der Waals surface area contributed by atoms with Crippen molar-refractivity contribution in [2.75, 3.05) is 0 Å². The summed E-state index contributed by atoms with van der Waals surface area (Å²) in [6, 6.07) is 4.90. The van der Waals surface area contributed by atoms with E-state index in [-0.39, 0.29) is 12.5 Å². The third kappa shape index (κ3) is 3.07.